The number of benzene rings is 2. The Balaban J connectivity index is 1.52. The van der Waals surface area contributed by atoms with Crippen molar-refractivity contribution in [2.24, 2.45) is 0 Å². The molecule has 3 amide bonds. The van der Waals surface area contributed by atoms with E-state index in [9.17, 15) is 9.59 Å². The molecule has 2 aromatic carbocycles. The smallest absolute Gasteiger partial charge is 0.325 e. The molecule has 2 heterocycles. The first-order valence-electron chi connectivity index (χ1n) is 8.75. The fourth-order valence-electron chi connectivity index (χ4n) is 3.26. The van der Waals surface area contributed by atoms with E-state index < -0.39 is 6.04 Å². The number of rotatable bonds is 4. The summed E-state index contributed by atoms with van der Waals surface area (Å²) in [5, 5.41) is 2.78. The number of nitrogens with one attached hydrogen (secondary N) is 1. The molecule has 6 heteroatoms. The van der Waals surface area contributed by atoms with Gasteiger partial charge in [0.05, 0.1) is 19.8 Å². The average Bonchev–Trinajstić information content (AvgIpc) is 2.84. The Morgan fingerprint density at radius 1 is 1.00 bits per heavy atom. The second-order valence-corrected chi connectivity index (χ2v) is 6.41. The number of carbonyl (C=O) groups excluding carboxylic acids is 2. The molecule has 1 unspecified atom stereocenters. The standard InChI is InChI=1S/C20H20N2O4/c23-19-16(12-14-6-2-1-3-7-14)21-20(24)22(19)13-15-8-4-9-17-18(15)26-11-5-10-25-17/h1-4,6-9,16H,5,10-13H2,(H,21,24). The molecule has 0 radical (unpaired) electrons. The molecule has 0 saturated carbocycles. The molecule has 1 atom stereocenters. The van der Waals surface area contributed by atoms with Crippen molar-refractivity contribution >= 4 is 11.9 Å². The molecule has 2 aromatic rings. The third kappa shape index (κ3) is 3.22. The Morgan fingerprint density at radius 3 is 2.65 bits per heavy atom. The molecular weight excluding hydrogens is 332 g/mol. The Morgan fingerprint density at radius 2 is 1.81 bits per heavy atom. The highest BCUT2D eigenvalue weighted by molar-refractivity contribution is 6.04. The summed E-state index contributed by atoms with van der Waals surface area (Å²) in [6, 6.07) is 14.3. The van der Waals surface area contributed by atoms with Crippen molar-refractivity contribution in [3.05, 3.63) is 59.7 Å². The predicted octanol–water partition coefficient (Wildman–Crippen LogP) is 2.51. The highest BCUT2D eigenvalue weighted by Gasteiger charge is 2.38. The largest absolute Gasteiger partial charge is 0.490 e. The number of carbonyl (C=O) groups is 2. The summed E-state index contributed by atoms with van der Waals surface area (Å²) < 4.78 is 11.5. The number of fused-ring (bicyclic) bond motifs is 1. The van der Waals surface area contributed by atoms with Crippen LogP contribution in [0, 0.1) is 0 Å². The molecule has 0 spiro atoms. The Kier molecular flexibility index (Phi) is 4.48. The molecule has 0 aromatic heterocycles. The van der Waals surface area contributed by atoms with Gasteiger partial charge >= 0.3 is 6.03 Å². The molecule has 0 bridgehead atoms. The van der Waals surface area contributed by atoms with Crippen molar-refractivity contribution < 1.29 is 19.1 Å². The van der Waals surface area contributed by atoms with Crippen LogP contribution in [0.3, 0.4) is 0 Å². The third-order valence-corrected chi connectivity index (χ3v) is 4.57. The monoisotopic (exact) mass is 352 g/mol. The Bertz CT molecular complexity index is 822. The highest BCUT2D eigenvalue weighted by Crippen LogP contribution is 2.34. The van der Waals surface area contributed by atoms with Crippen molar-refractivity contribution in [1.82, 2.24) is 10.2 Å². The number of para-hydroxylation sites is 1. The van der Waals surface area contributed by atoms with Gasteiger partial charge in [0.1, 0.15) is 6.04 Å². The Labute approximate surface area is 151 Å². The lowest BCUT2D eigenvalue weighted by Gasteiger charge is -2.17. The van der Waals surface area contributed by atoms with Gasteiger partial charge in [-0.1, -0.05) is 42.5 Å². The van der Waals surface area contributed by atoms with Crippen molar-refractivity contribution in [2.75, 3.05) is 13.2 Å². The molecule has 1 fully saturated rings. The van der Waals surface area contributed by atoms with Gasteiger partial charge < -0.3 is 14.8 Å². The van der Waals surface area contributed by atoms with Gasteiger partial charge in [-0.3, -0.25) is 9.69 Å². The van der Waals surface area contributed by atoms with Crippen LogP contribution < -0.4 is 14.8 Å². The van der Waals surface area contributed by atoms with E-state index >= 15 is 0 Å². The van der Waals surface area contributed by atoms with E-state index in [2.05, 4.69) is 5.32 Å². The lowest BCUT2D eigenvalue weighted by Crippen LogP contribution is -2.32. The zero-order chi connectivity index (χ0) is 17.9. The van der Waals surface area contributed by atoms with Gasteiger partial charge in [-0.25, -0.2) is 4.79 Å². The van der Waals surface area contributed by atoms with Crippen LogP contribution in [0.25, 0.3) is 0 Å². The molecule has 2 aliphatic heterocycles. The van der Waals surface area contributed by atoms with Crippen molar-refractivity contribution in [1.29, 1.82) is 0 Å². The summed E-state index contributed by atoms with van der Waals surface area (Å²) in [6.45, 7) is 1.32. The topological polar surface area (TPSA) is 67.9 Å². The van der Waals surface area contributed by atoms with Gasteiger partial charge in [0, 0.05) is 18.4 Å². The van der Waals surface area contributed by atoms with Crippen molar-refractivity contribution in [2.45, 2.75) is 25.4 Å². The number of hydrogen-bond acceptors (Lipinski definition) is 4. The van der Waals surface area contributed by atoms with Crippen LogP contribution in [0.4, 0.5) is 4.79 Å². The number of imide groups is 1. The molecule has 1 saturated heterocycles. The summed E-state index contributed by atoms with van der Waals surface area (Å²) in [7, 11) is 0. The van der Waals surface area contributed by atoms with E-state index in [4.69, 9.17) is 9.47 Å². The summed E-state index contributed by atoms with van der Waals surface area (Å²) in [4.78, 5) is 26.3. The number of hydrogen-bond donors (Lipinski definition) is 1. The molecule has 26 heavy (non-hydrogen) atoms. The van der Waals surface area contributed by atoms with Crippen LogP contribution in [-0.4, -0.2) is 36.1 Å². The minimum atomic E-state index is -0.538. The normalized spacial score (nSPS) is 19.2. The third-order valence-electron chi connectivity index (χ3n) is 4.57. The SMILES string of the molecule is O=C1NC(Cc2ccccc2)C(=O)N1Cc1cccc2c1OCCCO2. The van der Waals surface area contributed by atoms with E-state index in [0.717, 1.165) is 17.5 Å². The minimum Gasteiger partial charge on any atom is -0.490 e. The lowest BCUT2D eigenvalue weighted by molar-refractivity contribution is -0.127. The van der Waals surface area contributed by atoms with Crippen LogP contribution >= 0.6 is 0 Å². The van der Waals surface area contributed by atoms with Crippen LogP contribution in [0.5, 0.6) is 11.5 Å². The summed E-state index contributed by atoms with van der Waals surface area (Å²) in [6.07, 6.45) is 1.28. The first-order valence-corrected chi connectivity index (χ1v) is 8.75. The van der Waals surface area contributed by atoms with Gasteiger partial charge in [-0.2, -0.15) is 0 Å². The quantitative estimate of drug-likeness (QED) is 0.859. The molecule has 0 aliphatic carbocycles. The number of nitrogens with zero attached hydrogens (tertiary/aromatic N) is 1. The van der Waals surface area contributed by atoms with Crippen molar-refractivity contribution in [3.63, 3.8) is 0 Å². The summed E-state index contributed by atoms with van der Waals surface area (Å²) in [5.41, 5.74) is 1.78. The van der Waals surface area contributed by atoms with Crippen molar-refractivity contribution in [3.8, 4) is 11.5 Å². The highest BCUT2D eigenvalue weighted by atomic mass is 16.5. The molecule has 6 nitrogen and oxygen atoms in total. The van der Waals surface area contributed by atoms with E-state index in [1.54, 1.807) is 0 Å². The minimum absolute atomic E-state index is 0.169. The van der Waals surface area contributed by atoms with Gasteiger partial charge in [-0.05, 0) is 11.6 Å². The zero-order valence-corrected chi connectivity index (χ0v) is 14.3. The molecule has 2 aliphatic rings. The first kappa shape index (κ1) is 16.4. The number of amides is 3. The zero-order valence-electron chi connectivity index (χ0n) is 14.3. The molecule has 1 N–H and O–H groups in total. The fourth-order valence-corrected chi connectivity index (χ4v) is 3.26. The van der Waals surface area contributed by atoms with E-state index in [0.29, 0.717) is 31.1 Å². The summed E-state index contributed by atoms with van der Waals surface area (Å²) >= 11 is 0. The maximum atomic E-state index is 12.7. The van der Waals surface area contributed by atoms with Crippen LogP contribution in [0.2, 0.25) is 0 Å². The summed E-state index contributed by atoms with van der Waals surface area (Å²) in [5.74, 6) is 1.07. The fraction of sp³-hybridized carbons (Fsp3) is 0.300. The molecule has 4 rings (SSSR count). The van der Waals surface area contributed by atoms with E-state index in [-0.39, 0.29) is 18.5 Å². The molecule has 134 valence electrons. The van der Waals surface area contributed by atoms with E-state index in [1.807, 2.05) is 48.5 Å². The first-order chi connectivity index (χ1) is 12.7. The number of urea groups is 1. The number of ether oxygens (including phenoxy) is 2. The predicted molar refractivity (Wildman–Crippen MR) is 95.1 cm³/mol. The van der Waals surface area contributed by atoms with E-state index in [1.165, 1.54) is 4.90 Å². The lowest BCUT2D eigenvalue weighted by atomic mass is 10.1. The average molecular weight is 352 g/mol. The second kappa shape index (κ2) is 7.07. The maximum absolute atomic E-state index is 12.7. The van der Waals surface area contributed by atoms with Crippen LogP contribution in [0.15, 0.2) is 48.5 Å². The molecular formula is C20H20N2O4. The van der Waals surface area contributed by atoms with Gasteiger partial charge in [0.2, 0.25) is 0 Å². The van der Waals surface area contributed by atoms with Gasteiger partial charge in [0.25, 0.3) is 5.91 Å². The van der Waals surface area contributed by atoms with Gasteiger partial charge in [-0.15, -0.1) is 0 Å². The van der Waals surface area contributed by atoms with Crippen LogP contribution in [0.1, 0.15) is 17.5 Å². The second-order valence-electron chi connectivity index (χ2n) is 6.41. The van der Waals surface area contributed by atoms with Gasteiger partial charge in [0.15, 0.2) is 11.5 Å². The maximum Gasteiger partial charge on any atom is 0.325 e. The van der Waals surface area contributed by atoms with Crippen LogP contribution in [-0.2, 0) is 17.8 Å². The Hall–Kier alpha value is -3.02.